The molecule has 0 unspecified atom stereocenters. The van der Waals surface area contributed by atoms with Gasteiger partial charge >= 0.3 is 5.97 Å². The van der Waals surface area contributed by atoms with Crippen LogP contribution in [0.15, 0.2) is 59.4 Å². The number of benzene rings is 2. The van der Waals surface area contributed by atoms with Crippen LogP contribution in [0.2, 0.25) is 0 Å². The third kappa shape index (κ3) is 3.65. The minimum Gasteiger partial charge on any atom is -0.454 e. The number of pyridine rings is 1. The van der Waals surface area contributed by atoms with Gasteiger partial charge in [-0.25, -0.2) is 4.79 Å². The summed E-state index contributed by atoms with van der Waals surface area (Å²) in [5.74, 6) is 0.261. The summed E-state index contributed by atoms with van der Waals surface area (Å²) < 4.78 is 18.0. The van der Waals surface area contributed by atoms with Crippen molar-refractivity contribution in [1.82, 2.24) is 9.55 Å². The SMILES string of the molecule is Cc1cc(C(=O)COC(=O)c2cc(=O)[nH]c3ccccc23)c(C)n1-c1ccc2c(c1)OCO2. The molecule has 0 saturated heterocycles. The number of hydrogen-bond donors (Lipinski definition) is 1. The lowest BCUT2D eigenvalue weighted by atomic mass is 10.1. The molecule has 33 heavy (non-hydrogen) atoms. The highest BCUT2D eigenvalue weighted by Gasteiger charge is 2.21. The average Bonchev–Trinajstić information content (AvgIpc) is 3.39. The van der Waals surface area contributed by atoms with Gasteiger partial charge in [0.25, 0.3) is 0 Å². The molecule has 0 bridgehead atoms. The number of carbonyl (C=O) groups is 2. The van der Waals surface area contributed by atoms with Gasteiger partial charge in [-0.3, -0.25) is 9.59 Å². The van der Waals surface area contributed by atoms with Crippen molar-refractivity contribution in [3.05, 3.63) is 87.5 Å². The lowest BCUT2D eigenvalue weighted by Gasteiger charge is -2.11. The van der Waals surface area contributed by atoms with E-state index in [1.807, 2.05) is 36.6 Å². The van der Waals surface area contributed by atoms with Crippen LogP contribution in [0.4, 0.5) is 0 Å². The van der Waals surface area contributed by atoms with E-state index in [1.54, 1.807) is 30.3 Å². The normalized spacial score (nSPS) is 12.2. The minimum atomic E-state index is -0.727. The number of aryl methyl sites for hydroxylation is 1. The predicted molar refractivity (Wildman–Crippen MR) is 121 cm³/mol. The number of nitrogens with one attached hydrogen (secondary N) is 1. The maximum atomic E-state index is 12.9. The van der Waals surface area contributed by atoms with E-state index in [2.05, 4.69) is 4.98 Å². The topological polar surface area (TPSA) is 99.6 Å². The van der Waals surface area contributed by atoms with Crippen molar-refractivity contribution in [2.45, 2.75) is 13.8 Å². The van der Waals surface area contributed by atoms with Gasteiger partial charge in [0.15, 0.2) is 18.1 Å². The summed E-state index contributed by atoms with van der Waals surface area (Å²) in [5, 5.41) is 0.551. The zero-order chi connectivity index (χ0) is 23.1. The van der Waals surface area contributed by atoms with E-state index in [-0.39, 0.29) is 18.1 Å². The van der Waals surface area contributed by atoms with Crippen LogP contribution in [0.25, 0.3) is 16.6 Å². The number of ether oxygens (including phenoxy) is 3. The number of aromatic amines is 1. The lowest BCUT2D eigenvalue weighted by Crippen LogP contribution is -2.17. The molecule has 5 rings (SSSR count). The van der Waals surface area contributed by atoms with Gasteiger partial charge < -0.3 is 23.8 Å². The molecule has 0 spiro atoms. The molecule has 4 aromatic rings. The molecule has 2 aromatic carbocycles. The van der Waals surface area contributed by atoms with E-state index in [0.717, 1.165) is 11.4 Å². The molecule has 0 fully saturated rings. The van der Waals surface area contributed by atoms with E-state index in [1.165, 1.54) is 6.07 Å². The quantitative estimate of drug-likeness (QED) is 0.372. The summed E-state index contributed by atoms with van der Waals surface area (Å²) in [7, 11) is 0. The Hall–Kier alpha value is -4.33. The fraction of sp³-hybridized carbons (Fsp3) is 0.160. The Kier molecular flexibility index (Phi) is 4.97. The Labute approximate surface area is 188 Å². The molecular formula is C25H20N2O6. The second-order valence-electron chi connectivity index (χ2n) is 7.75. The first-order valence-corrected chi connectivity index (χ1v) is 10.3. The molecule has 1 N–H and O–H groups in total. The van der Waals surface area contributed by atoms with E-state index in [9.17, 15) is 14.4 Å². The summed E-state index contributed by atoms with van der Waals surface area (Å²) in [6.07, 6.45) is 0. The van der Waals surface area contributed by atoms with Crippen LogP contribution in [0.3, 0.4) is 0 Å². The van der Waals surface area contributed by atoms with Gasteiger partial charge in [-0.15, -0.1) is 0 Å². The highest BCUT2D eigenvalue weighted by atomic mass is 16.7. The van der Waals surface area contributed by atoms with Gasteiger partial charge in [0.1, 0.15) is 0 Å². The highest BCUT2D eigenvalue weighted by Crippen LogP contribution is 2.35. The van der Waals surface area contributed by atoms with Gasteiger partial charge in [-0.1, -0.05) is 18.2 Å². The maximum Gasteiger partial charge on any atom is 0.339 e. The van der Waals surface area contributed by atoms with Crippen LogP contribution in [-0.4, -0.2) is 34.7 Å². The Morgan fingerprint density at radius 1 is 1.00 bits per heavy atom. The number of nitrogens with zero attached hydrogens (tertiary/aromatic N) is 1. The molecular weight excluding hydrogens is 424 g/mol. The number of H-pyrrole nitrogens is 1. The smallest absolute Gasteiger partial charge is 0.339 e. The Balaban J connectivity index is 1.38. The number of aromatic nitrogens is 2. The fourth-order valence-corrected chi connectivity index (χ4v) is 4.13. The summed E-state index contributed by atoms with van der Waals surface area (Å²) in [6.45, 7) is 3.46. The van der Waals surface area contributed by atoms with E-state index in [0.29, 0.717) is 33.7 Å². The Bertz CT molecular complexity index is 1480. The van der Waals surface area contributed by atoms with Crippen LogP contribution in [-0.2, 0) is 4.74 Å². The molecule has 0 aliphatic carbocycles. The van der Waals surface area contributed by atoms with Crippen LogP contribution < -0.4 is 15.0 Å². The second-order valence-corrected chi connectivity index (χ2v) is 7.75. The third-order valence-electron chi connectivity index (χ3n) is 5.65. The van der Waals surface area contributed by atoms with Crippen molar-refractivity contribution in [3.8, 4) is 17.2 Å². The molecule has 2 aromatic heterocycles. The standard InChI is InChI=1S/C25H20N2O6/c1-14-9-18(15(2)27(14)16-7-8-22-23(10-16)33-13-32-22)21(28)12-31-25(30)19-11-24(29)26-20-6-4-3-5-17(19)20/h3-11H,12-13H2,1-2H3,(H,26,29). The number of hydrogen-bond acceptors (Lipinski definition) is 6. The molecule has 1 aliphatic rings. The second kappa shape index (κ2) is 7.98. The zero-order valence-corrected chi connectivity index (χ0v) is 18.0. The van der Waals surface area contributed by atoms with E-state index in [4.69, 9.17) is 14.2 Å². The molecule has 0 radical (unpaired) electrons. The summed E-state index contributed by atoms with van der Waals surface area (Å²) in [6, 6.07) is 15.4. The molecule has 166 valence electrons. The summed E-state index contributed by atoms with van der Waals surface area (Å²) in [4.78, 5) is 40.2. The first-order valence-electron chi connectivity index (χ1n) is 10.3. The Morgan fingerprint density at radius 3 is 2.64 bits per heavy atom. The van der Waals surface area contributed by atoms with Gasteiger partial charge in [0, 0.05) is 45.7 Å². The first kappa shape index (κ1) is 20.6. The fourth-order valence-electron chi connectivity index (χ4n) is 4.13. The monoisotopic (exact) mass is 444 g/mol. The van der Waals surface area contributed by atoms with E-state index < -0.39 is 18.1 Å². The van der Waals surface area contributed by atoms with E-state index >= 15 is 0 Å². The number of Topliss-reactive ketones (excluding diaryl/α,β-unsaturated/α-hetero) is 1. The number of ketones is 1. The molecule has 8 nitrogen and oxygen atoms in total. The number of carbonyl (C=O) groups excluding carboxylic acids is 2. The average molecular weight is 444 g/mol. The molecule has 0 saturated carbocycles. The molecule has 3 heterocycles. The van der Waals surface area contributed by atoms with Gasteiger partial charge in [-0.2, -0.15) is 0 Å². The largest absolute Gasteiger partial charge is 0.454 e. The van der Waals surface area contributed by atoms with Crippen molar-refractivity contribution in [1.29, 1.82) is 0 Å². The van der Waals surface area contributed by atoms with Crippen LogP contribution in [0, 0.1) is 13.8 Å². The number of rotatable bonds is 5. The van der Waals surface area contributed by atoms with Gasteiger partial charge in [0.2, 0.25) is 18.1 Å². The predicted octanol–water partition coefficient (Wildman–Crippen LogP) is 3.70. The van der Waals surface area contributed by atoms with Gasteiger partial charge in [-0.05, 0) is 38.1 Å². The van der Waals surface area contributed by atoms with Crippen molar-refractivity contribution < 1.29 is 23.8 Å². The van der Waals surface area contributed by atoms with Crippen LogP contribution in [0.1, 0.15) is 32.1 Å². The minimum absolute atomic E-state index is 0.119. The molecule has 8 heteroatoms. The number of esters is 1. The van der Waals surface area contributed by atoms with Crippen LogP contribution >= 0.6 is 0 Å². The third-order valence-corrected chi connectivity index (χ3v) is 5.65. The number of fused-ring (bicyclic) bond motifs is 2. The molecule has 0 amide bonds. The lowest BCUT2D eigenvalue weighted by molar-refractivity contribution is 0.0476. The van der Waals surface area contributed by atoms with Crippen molar-refractivity contribution in [3.63, 3.8) is 0 Å². The Morgan fingerprint density at radius 2 is 1.79 bits per heavy atom. The van der Waals surface area contributed by atoms with Gasteiger partial charge in [0.05, 0.1) is 5.56 Å². The molecule has 0 atom stereocenters. The maximum absolute atomic E-state index is 12.9. The van der Waals surface area contributed by atoms with Crippen LogP contribution in [0.5, 0.6) is 11.5 Å². The summed E-state index contributed by atoms with van der Waals surface area (Å²) in [5.41, 5.74) is 3.08. The van der Waals surface area contributed by atoms with Crippen molar-refractivity contribution in [2.75, 3.05) is 13.4 Å². The summed E-state index contributed by atoms with van der Waals surface area (Å²) >= 11 is 0. The molecule has 1 aliphatic heterocycles. The van der Waals surface area contributed by atoms with Crippen molar-refractivity contribution in [2.24, 2.45) is 0 Å². The zero-order valence-electron chi connectivity index (χ0n) is 18.0. The van der Waals surface area contributed by atoms with Crippen molar-refractivity contribution >= 4 is 22.7 Å². The highest BCUT2D eigenvalue weighted by molar-refractivity contribution is 6.05. The number of para-hydroxylation sites is 1. The first-order chi connectivity index (χ1) is 15.9.